The molecule has 0 spiro atoms. The zero-order valence-electron chi connectivity index (χ0n) is 15.0. The minimum absolute atomic E-state index is 0.298. The van der Waals surface area contributed by atoms with Crippen molar-refractivity contribution in [2.45, 2.75) is 0 Å². The Bertz CT molecular complexity index is 1160. The second-order valence-corrected chi connectivity index (χ2v) is 10.3. The lowest BCUT2D eigenvalue weighted by Gasteiger charge is -2.07. The topological polar surface area (TPSA) is 0 Å². The smallest absolute Gasteiger partial charge is 0.149 e. The highest BCUT2D eigenvalue weighted by Gasteiger charge is 2.28. The Balaban J connectivity index is 1.60. The number of thiophene rings is 3. The van der Waals surface area contributed by atoms with Crippen molar-refractivity contribution in [3.05, 3.63) is 91.0 Å². The van der Waals surface area contributed by atoms with E-state index in [4.69, 9.17) is 0 Å². The van der Waals surface area contributed by atoms with Crippen LogP contribution in [0, 0.1) is 0 Å². The van der Waals surface area contributed by atoms with Gasteiger partial charge in [0.15, 0.2) is 0 Å². The summed E-state index contributed by atoms with van der Waals surface area (Å²) in [5.74, 6) is 0. The third-order valence-electron chi connectivity index (χ3n) is 5.19. The average Bonchev–Trinajstić information content (AvgIpc) is 3.44. The summed E-state index contributed by atoms with van der Waals surface area (Å²) in [5, 5.41) is 4.03. The van der Waals surface area contributed by atoms with Crippen LogP contribution in [0.2, 0.25) is 0 Å². The predicted molar refractivity (Wildman–Crippen MR) is 130 cm³/mol. The maximum Gasteiger partial charge on any atom is 0.278 e. The van der Waals surface area contributed by atoms with E-state index in [-0.39, 0.29) is 0 Å². The molecule has 0 N–H and O–H groups in total. The quantitative estimate of drug-likeness (QED) is 0.321. The van der Waals surface area contributed by atoms with Crippen LogP contribution in [0.25, 0.3) is 30.3 Å². The molecule has 3 aromatic heterocycles. The van der Waals surface area contributed by atoms with Crippen LogP contribution in [-0.4, -0.2) is 6.71 Å². The van der Waals surface area contributed by atoms with Gasteiger partial charge in [-0.15, -0.1) is 34.0 Å². The maximum absolute atomic E-state index is 2.39. The van der Waals surface area contributed by atoms with E-state index < -0.39 is 0 Å². The molecule has 0 fully saturated rings. The maximum atomic E-state index is 2.39. The number of rotatable bonds is 3. The van der Waals surface area contributed by atoms with Crippen LogP contribution in [0.4, 0.5) is 0 Å². The molecule has 0 bridgehead atoms. The molecule has 6 rings (SSSR count). The third kappa shape index (κ3) is 2.72. The summed E-state index contributed by atoms with van der Waals surface area (Å²) in [6.07, 6.45) is 0. The second-order valence-electron chi connectivity index (χ2n) is 6.99. The first kappa shape index (κ1) is 16.5. The predicted octanol–water partition coefficient (Wildman–Crippen LogP) is 5.85. The molecule has 0 nitrogen and oxygen atoms in total. The van der Waals surface area contributed by atoms with Crippen molar-refractivity contribution >= 4 is 85.3 Å². The number of fused-ring (bicyclic) bond motifs is 3. The highest BCUT2D eigenvalue weighted by Crippen LogP contribution is 2.25. The summed E-state index contributed by atoms with van der Waals surface area (Å²) in [7, 11) is 0. The van der Waals surface area contributed by atoms with Crippen LogP contribution in [0.3, 0.4) is 0 Å². The molecule has 4 heteroatoms. The van der Waals surface area contributed by atoms with Crippen LogP contribution in [-0.2, 0) is 0 Å². The monoisotopic (exact) mass is 410 g/mol. The van der Waals surface area contributed by atoms with Gasteiger partial charge in [-0.25, -0.2) is 0 Å². The SMILES string of the molecule is c1ccc2sc(B(c3cc4ccccc4s3)c3cc4ccccc4s3)cc2c1. The van der Waals surface area contributed by atoms with Crippen LogP contribution in [0.5, 0.6) is 0 Å². The molecule has 3 aromatic carbocycles. The van der Waals surface area contributed by atoms with E-state index in [0.717, 1.165) is 0 Å². The molecule has 0 aliphatic rings. The fourth-order valence-corrected chi connectivity index (χ4v) is 7.69. The van der Waals surface area contributed by atoms with Gasteiger partial charge in [0.25, 0.3) is 6.71 Å². The summed E-state index contributed by atoms with van der Waals surface area (Å²) in [6.45, 7) is 0.298. The molecular formula is C24H15BS3. The first-order valence-electron chi connectivity index (χ1n) is 9.30. The summed E-state index contributed by atoms with van der Waals surface area (Å²) < 4.78 is 8.39. The minimum Gasteiger partial charge on any atom is -0.149 e. The third-order valence-corrected chi connectivity index (χ3v) is 8.73. The molecule has 0 aliphatic heterocycles. The first-order chi connectivity index (χ1) is 13.8. The Morgan fingerprint density at radius 1 is 0.429 bits per heavy atom. The Morgan fingerprint density at radius 3 is 1.07 bits per heavy atom. The average molecular weight is 410 g/mol. The molecular weight excluding hydrogens is 395 g/mol. The van der Waals surface area contributed by atoms with E-state index in [2.05, 4.69) is 91.0 Å². The fraction of sp³-hybridized carbons (Fsp3) is 0. The van der Waals surface area contributed by atoms with Crippen molar-refractivity contribution < 1.29 is 0 Å². The minimum atomic E-state index is 0.298. The molecule has 6 aromatic rings. The van der Waals surface area contributed by atoms with Gasteiger partial charge in [0, 0.05) is 14.1 Å². The van der Waals surface area contributed by atoms with Gasteiger partial charge in [0.05, 0.1) is 0 Å². The van der Waals surface area contributed by atoms with E-state index in [1.165, 1.54) is 44.6 Å². The zero-order valence-corrected chi connectivity index (χ0v) is 17.4. The zero-order chi connectivity index (χ0) is 18.5. The standard InChI is InChI=1S/C24H15BS3/c1-4-10-19-16(7-1)13-22(26-19)25(23-14-17-8-2-5-11-20(17)27-23)24-15-18-9-3-6-12-21(18)28-24/h1-15H. The lowest BCUT2D eigenvalue weighted by atomic mass is 9.46. The van der Waals surface area contributed by atoms with Crippen LogP contribution >= 0.6 is 34.0 Å². The second kappa shape index (κ2) is 6.59. The van der Waals surface area contributed by atoms with Crippen molar-refractivity contribution in [1.29, 1.82) is 0 Å². The van der Waals surface area contributed by atoms with Crippen molar-refractivity contribution in [3.63, 3.8) is 0 Å². The normalized spacial score (nSPS) is 11.6. The molecule has 132 valence electrons. The van der Waals surface area contributed by atoms with Crippen LogP contribution in [0.15, 0.2) is 91.0 Å². The summed E-state index contributed by atoms with van der Waals surface area (Å²) in [4.78, 5) is 0. The molecule has 3 heterocycles. The van der Waals surface area contributed by atoms with Gasteiger partial charge in [-0.2, -0.15) is 0 Å². The van der Waals surface area contributed by atoms with Gasteiger partial charge >= 0.3 is 0 Å². The highest BCUT2D eigenvalue weighted by molar-refractivity contribution is 7.44. The lowest BCUT2D eigenvalue weighted by molar-refractivity contribution is 1.86. The van der Waals surface area contributed by atoms with Gasteiger partial charge in [0.2, 0.25) is 0 Å². The van der Waals surface area contributed by atoms with Gasteiger partial charge < -0.3 is 0 Å². The molecule has 0 atom stereocenters. The Morgan fingerprint density at radius 2 is 0.750 bits per heavy atom. The summed E-state index contributed by atoms with van der Waals surface area (Å²) in [6, 6.07) is 33.3. The number of hydrogen-bond acceptors (Lipinski definition) is 3. The lowest BCUT2D eigenvalue weighted by Crippen LogP contribution is -2.48. The largest absolute Gasteiger partial charge is 0.278 e. The Kier molecular flexibility index (Phi) is 3.90. The van der Waals surface area contributed by atoms with E-state index >= 15 is 0 Å². The summed E-state index contributed by atoms with van der Waals surface area (Å²) >= 11 is 5.78. The Hall–Kier alpha value is -2.40. The van der Waals surface area contributed by atoms with Crippen molar-refractivity contribution in [3.8, 4) is 0 Å². The number of benzene rings is 3. The molecule has 0 saturated carbocycles. The van der Waals surface area contributed by atoms with Gasteiger partial charge in [-0.05, 0) is 66.9 Å². The molecule has 0 saturated heterocycles. The first-order valence-corrected chi connectivity index (χ1v) is 11.8. The molecule has 0 radical (unpaired) electrons. The van der Waals surface area contributed by atoms with E-state index in [9.17, 15) is 0 Å². The van der Waals surface area contributed by atoms with Gasteiger partial charge in [0.1, 0.15) is 0 Å². The highest BCUT2D eigenvalue weighted by atomic mass is 32.1. The van der Waals surface area contributed by atoms with Crippen LogP contribution < -0.4 is 14.3 Å². The van der Waals surface area contributed by atoms with Crippen molar-refractivity contribution in [1.82, 2.24) is 0 Å². The molecule has 0 unspecified atom stereocenters. The molecule has 28 heavy (non-hydrogen) atoms. The van der Waals surface area contributed by atoms with Gasteiger partial charge in [-0.1, -0.05) is 54.6 Å². The summed E-state index contributed by atoms with van der Waals surface area (Å²) in [5.41, 5.74) is 0. The van der Waals surface area contributed by atoms with E-state index in [1.807, 2.05) is 34.0 Å². The molecule has 0 amide bonds. The Labute approximate surface area is 175 Å². The van der Waals surface area contributed by atoms with E-state index in [0.29, 0.717) is 6.71 Å². The van der Waals surface area contributed by atoms with Gasteiger partial charge in [-0.3, -0.25) is 0 Å². The number of hydrogen-bond donors (Lipinski definition) is 0. The van der Waals surface area contributed by atoms with Crippen molar-refractivity contribution in [2.24, 2.45) is 0 Å². The van der Waals surface area contributed by atoms with Crippen LogP contribution in [0.1, 0.15) is 0 Å². The van der Waals surface area contributed by atoms with E-state index in [1.54, 1.807) is 0 Å². The fourth-order valence-electron chi connectivity index (χ4n) is 3.85. The van der Waals surface area contributed by atoms with Crippen molar-refractivity contribution in [2.75, 3.05) is 0 Å². The molecule has 0 aliphatic carbocycles.